The summed E-state index contributed by atoms with van der Waals surface area (Å²) in [6.07, 6.45) is -0.874. The second kappa shape index (κ2) is 8.79. The molecular weight excluding hydrogens is 352 g/mol. The minimum absolute atomic E-state index is 0.0703. The molecule has 0 unspecified atom stereocenters. The van der Waals surface area contributed by atoms with E-state index >= 15 is 0 Å². The number of amides is 1. The summed E-state index contributed by atoms with van der Waals surface area (Å²) in [4.78, 5) is 34.1. The van der Waals surface area contributed by atoms with Crippen molar-refractivity contribution >= 4 is 23.3 Å². The van der Waals surface area contributed by atoms with Gasteiger partial charge < -0.3 is 14.8 Å². The number of aryl methyl sites for hydroxylation is 2. The summed E-state index contributed by atoms with van der Waals surface area (Å²) in [5, 5.41) is 13.3. The van der Waals surface area contributed by atoms with Crippen molar-refractivity contribution in [2.24, 2.45) is 0 Å². The Hall–Kier alpha value is -3.42. The summed E-state index contributed by atoms with van der Waals surface area (Å²) in [6.45, 7) is 4.58. The molecule has 0 saturated carbocycles. The van der Waals surface area contributed by atoms with E-state index in [0.29, 0.717) is 17.0 Å². The molecule has 2 rings (SSSR count). The van der Waals surface area contributed by atoms with Crippen LogP contribution in [0.1, 0.15) is 18.1 Å². The molecule has 142 valence electrons. The first-order valence-corrected chi connectivity index (χ1v) is 8.21. The zero-order chi connectivity index (χ0) is 20.0. The normalized spacial score (nSPS) is 11.4. The van der Waals surface area contributed by atoms with Crippen molar-refractivity contribution in [2.75, 3.05) is 11.9 Å². The SMILES string of the molecule is Cc1cccc(O[C@@H](C)C(=O)OCC(=O)Nc2ccc([N+](=O)[O-])cc2C)c1. The second-order valence-electron chi connectivity index (χ2n) is 5.99. The Morgan fingerprint density at radius 3 is 2.56 bits per heavy atom. The largest absolute Gasteiger partial charge is 0.479 e. The average molecular weight is 372 g/mol. The molecule has 0 radical (unpaired) electrons. The summed E-state index contributed by atoms with van der Waals surface area (Å²) < 4.78 is 10.5. The van der Waals surface area contributed by atoms with Crippen LogP contribution in [0, 0.1) is 24.0 Å². The molecule has 0 saturated heterocycles. The van der Waals surface area contributed by atoms with Crippen LogP contribution < -0.4 is 10.1 Å². The molecule has 2 aromatic carbocycles. The molecule has 0 aromatic heterocycles. The van der Waals surface area contributed by atoms with Crippen molar-refractivity contribution in [1.82, 2.24) is 0 Å². The number of anilines is 1. The first-order valence-electron chi connectivity index (χ1n) is 8.21. The van der Waals surface area contributed by atoms with Gasteiger partial charge in [-0.1, -0.05) is 12.1 Å². The highest BCUT2D eigenvalue weighted by Gasteiger charge is 2.18. The number of nitrogens with zero attached hydrogens (tertiary/aromatic N) is 1. The van der Waals surface area contributed by atoms with Gasteiger partial charge in [-0.2, -0.15) is 0 Å². The first-order chi connectivity index (χ1) is 12.8. The number of nitro benzene ring substituents is 1. The van der Waals surface area contributed by atoms with Gasteiger partial charge in [0.25, 0.3) is 11.6 Å². The lowest BCUT2D eigenvalue weighted by Gasteiger charge is -2.14. The van der Waals surface area contributed by atoms with Crippen LogP contribution in [0.5, 0.6) is 5.75 Å². The molecular formula is C19H20N2O6. The molecule has 1 amide bonds. The fourth-order valence-electron chi connectivity index (χ4n) is 2.28. The van der Waals surface area contributed by atoms with E-state index in [1.54, 1.807) is 19.1 Å². The van der Waals surface area contributed by atoms with E-state index in [4.69, 9.17) is 9.47 Å². The molecule has 8 heteroatoms. The van der Waals surface area contributed by atoms with Crippen LogP contribution in [-0.4, -0.2) is 29.5 Å². The van der Waals surface area contributed by atoms with Gasteiger partial charge in [-0.25, -0.2) is 4.79 Å². The molecule has 0 aliphatic carbocycles. The quantitative estimate of drug-likeness (QED) is 0.454. The highest BCUT2D eigenvalue weighted by molar-refractivity contribution is 5.93. The van der Waals surface area contributed by atoms with Crippen LogP contribution in [0.4, 0.5) is 11.4 Å². The number of nitro groups is 1. The Morgan fingerprint density at radius 2 is 1.93 bits per heavy atom. The van der Waals surface area contributed by atoms with Gasteiger partial charge in [0.15, 0.2) is 12.7 Å². The first kappa shape index (κ1) is 19.9. The molecule has 0 aliphatic rings. The molecule has 0 aliphatic heterocycles. The van der Waals surface area contributed by atoms with Gasteiger partial charge in [0.1, 0.15) is 5.75 Å². The second-order valence-corrected chi connectivity index (χ2v) is 5.99. The van der Waals surface area contributed by atoms with Crippen molar-refractivity contribution in [2.45, 2.75) is 26.9 Å². The number of non-ortho nitro benzene ring substituents is 1. The van der Waals surface area contributed by atoms with Gasteiger partial charge in [0.05, 0.1) is 4.92 Å². The van der Waals surface area contributed by atoms with Gasteiger partial charge in [-0.15, -0.1) is 0 Å². The molecule has 2 aromatic rings. The standard InChI is InChI=1S/C19H20N2O6/c1-12-5-4-6-16(9-12)27-14(3)19(23)26-11-18(22)20-17-8-7-15(21(24)25)10-13(17)2/h4-10,14H,11H2,1-3H3,(H,20,22)/t14-/m0/s1. The third-order valence-electron chi connectivity index (χ3n) is 3.67. The lowest BCUT2D eigenvalue weighted by atomic mass is 10.2. The van der Waals surface area contributed by atoms with Crippen LogP contribution in [0.15, 0.2) is 42.5 Å². The van der Waals surface area contributed by atoms with Gasteiger partial charge in [-0.05, 0) is 50.1 Å². The Balaban J connectivity index is 1.85. The van der Waals surface area contributed by atoms with E-state index in [1.165, 1.54) is 25.1 Å². The third kappa shape index (κ3) is 5.81. The number of carbonyl (C=O) groups is 2. The smallest absolute Gasteiger partial charge is 0.347 e. The maximum absolute atomic E-state index is 12.0. The monoisotopic (exact) mass is 372 g/mol. The van der Waals surface area contributed by atoms with Gasteiger partial charge in [-0.3, -0.25) is 14.9 Å². The van der Waals surface area contributed by atoms with Crippen LogP contribution in [0.3, 0.4) is 0 Å². The molecule has 0 bridgehead atoms. The van der Waals surface area contributed by atoms with E-state index in [-0.39, 0.29) is 5.69 Å². The highest BCUT2D eigenvalue weighted by Crippen LogP contribution is 2.21. The predicted molar refractivity (Wildman–Crippen MR) is 98.7 cm³/mol. The topological polar surface area (TPSA) is 108 Å². The fraction of sp³-hybridized carbons (Fsp3) is 0.263. The molecule has 1 atom stereocenters. The number of rotatable bonds is 7. The minimum Gasteiger partial charge on any atom is -0.479 e. The number of benzene rings is 2. The Morgan fingerprint density at radius 1 is 1.19 bits per heavy atom. The number of hydrogen-bond donors (Lipinski definition) is 1. The fourth-order valence-corrected chi connectivity index (χ4v) is 2.28. The van der Waals surface area contributed by atoms with Crippen LogP contribution >= 0.6 is 0 Å². The number of nitrogens with one attached hydrogen (secondary N) is 1. The zero-order valence-electron chi connectivity index (χ0n) is 15.2. The highest BCUT2D eigenvalue weighted by atomic mass is 16.6. The Bertz CT molecular complexity index is 865. The zero-order valence-corrected chi connectivity index (χ0v) is 15.2. The predicted octanol–water partition coefficient (Wildman–Crippen LogP) is 3.16. The van der Waals surface area contributed by atoms with E-state index < -0.39 is 29.5 Å². The lowest BCUT2D eigenvalue weighted by molar-refractivity contribution is -0.384. The molecule has 0 heterocycles. The van der Waals surface area contributed by atoms with Crippen molar-refractivity contribution in [3.63, 3.8) is 0 Å². The van der Waals surface area contributed by atoms with E-state index in [2.05, 4.69) is 5.32 Å². The third-order valence-corrected chi connectivity index (χ3v) is 3.67. The molecule has 1 N–H and O–H groups in total. The van der Waals surface area contributed by atoms with Crippen molar-refractivity contribution in [3.8, 4) is 5.75 Å². The summed E-state index contributed by atoms with van der Waals surface area (Å²) >= 11 is 0. The number of ether oxygens (including phenoxy) is 2. The molecule has 0 spiro atoms. The van der Waals surface area contributed by atoms with E-state index in [0.717, 1.165) is 5.56 Å². The maximum atomic E-state index is 12.0. The van der Waals surface area contributed by atoms with E-state index in [1.807, 2.05) is 19.1 Å². The van der Waals surface area contributed by atoms with Crippen molar-refractivity contribution < 1.29 is 24.0 Å². The Labute approximate surface area is 156 Å². The summed E-state index contributed by atoms with van der Waals surface area (Å²) in [5.74, 6) is -0.694. The summed E-state index contributed by atoms with van der Waals surface area (Å²) in [5.41, 5.74) is 1.86. The molecule has 0 fully saturated rings. The molecule has 8 nitrogen and oxygen atoms in total. The van der Waals surface area contributed by atoms with Crippen LogP contribution in [0.25, 0.3) is 0 Å². The number of hydrogen-bond acceptors (Lipinski definition) is 6. The maximum Gasteiger partial charge on any atom is 0.347 e. The average Bonchev–Trinajstić information content (AvgIpc) is 2.61. The van der Waals surface area contributed by atoms with Crippen LogP contribution in [-0.2, 0) is 14.3 Å². The number of carbonyl (C=O) groups excluding carboxylic acids is 2. The van der Waals surface area contributed by atoms with Crippen molar-refractivity contribution in [1.29, 1.82) is 0 Å². The van der Waals surface area contributed by atoms with E-state index in [9.17, 15) is 19.7 Å². The van der Waals surface area contributed by atoms with Crippen molar-refractivity contribution in [3.05, 3.63) is 63.7 Å². The van der Waals surface area contributed by atoms with Gasteiger partial charge >= 0.3 is 5.97 Å². The van der Waals surface area contributed by atoms with Gasteiger partial charge in [0.2, 0.25) is 0 Å². The van der Waals surface area contributed by atoms with Gasteiger partial charge in [0, 0.05) is 17.8 Å². The van der Waals surface area contributed by atoms with Crippen LogP contribution in [0.2, 0.25) is 0 Å². The molecule has 27 heavy (non-hydrogen) atoms. The Kier molecular flexibility index (Phi) is 6.48. The summed E-state index contributed by atoms with van der Waals surface area (Å²) in [7, 11) is 0. The summed E-state index contributed by atoms with van der Waals surface area (Å²) in [6, 6.07) is 11.3. The number of esters is 1. The lowest BCUT2D eigenvalue weighted by Crippen LogP contribution is -2.29. The minimum atomic E-state index is -0.874.